The third kappa shape index (κ3) is 2.60. The summed E-state index contributed by atoms with van der Waals surface area (Å²) >= 11 is 0. The third-order valence-electron chi connectivity index (χ3n) is 3.17. The normalized spacial score (nSPS) is 29.9. The van der Waals surface area contributed by atoms with Gasteiger partial charge in [0.2, 0.25) is 0 Å². The first-order valence-electron chi connectivity index (χ1n) is 5.52. The predicted molar refractivity (Wildman–Crippen MR) is 62.9 cm³/mol. The van der Waals surface area contributed by atoms with Crippen molar-refractivity contribution in [2.75, 3.05) is 0 Å². The molecule has 3 nitrogen and oxygen atoms in total. The first-order valence-corrected chi connectivity index (χ1v) is 5.52. The Labute approximate surface area is 96.5 Å². The van der Waals surface area contributed by atoms with Gasteiger partial charge in [0.1, 0.15) is 6.10 Å². The lowest BCUT2D eigenvalue weighted by atomic mass is 9.70. The van der Waals surface area contributed by atoms with E-state index in [1.54, 1.807) is 13.0 Å². The van der Waals surface area contributed by atoms with Crippen LogP contribution in [0.5, 0.6) is 0 Å². The molecule has 0 aliphatic heterocycles. The number of aliphatic hydroxyl groups excluding tert-OH is 2. The largest absolute Gasteiger partial charge is 0.390 e. The van der Waals surface area contributed by atoms with E-state index in [4.69, 9.17) is 0 Å². The summed E-state index contributed by atoms with van der Waals surface area (Å²) in [5.41, 5.74) is 1.48. The molecule has 3 heteroatoms. The van der Waals surface area contributed by atoms with E-state index in [0.717, 1.165) is 11.1 Å². The molecule has 0 fully saturated rings. The first-order chi connectivity index (χ1) is 7.25. The van der Waals surface area contributed by atoms with Crippen LogP contribution in [0.25, 0.3) is 0 Å². The van der Waals surface area contributed by atoms with Crippen LogP contribution in [0.2, 0.25) is 0 Å². The number of allylic oxidation sites excluding steroid dienone is 3. The summed E-state index contributed by atoms with van der Waals surface area (Å²) in [7, 11) is 0. The molecule has 0 bridgehead atoms. The minimum atomic E-state index is -0.820. The number of hydrogen-bond acceptors (Lipinski definition) is 3. The van der Waals surface area contributed by atoms with Gasteiger partial charge in [0, 0.05) is 0 Å². The second-order valence-corrected chi connectivity index (χ2v) is 5.14. The summed E-state index contributed by atoms with van der Waals surface area (Å²) < 4.78 is 0. The van der Waals surface area contributed by atoms with Gasteiger partial charge in [-0.1, -0.05) is 19.9 Å². The summed E-state index contributed by atoms with van der Waals surface area (Å²) in [6.07, 6.45) is 2.23. The fourth-order valence-corrected chi connectivity index (χ4v) is 2.28. The van der Waals surface area contributed by atoms with E-state index in [9.17, 15) is 15.0 Å². The maximum Gasteiger partial charge on any atom is 0.152 e. The van der Waals surface area contributed by atoms with Crippen molar-refractivity contribution in [1.29, 1.82) is 0 Å². The number of rotatable bonds is 2. The van der Waals surface area contributed by atoms with Gasteiger partial charge in [-0.05, 0) is 42.9 Å². The molecule has 0 radical (unpaired) electrons. The van der Waals surface area contributed by atoms with E-state index in [1.165, 1.54) is 13.0 Å². The summed E-state index contributed by atoms with van der Waals surface area (Å²) in [4.78, 5) is 10.9. The van der Waals surface area contributed by atoms with Crippen molar-refractivity contribution in [1.82, 2.24) is 0 Å². The Bertz CT molecular complexity index is 350. The van der Waals surface area contributed by atoms with Crippen LogP contribution in [-0.2, 0) is 4.79 Å². The van der Waals surface area contributed by atoms with E-state index >= 15 is 0 Å². The smallest absolute Gasteiger partial charge is 0.152 e. The fourth-order valence-electron chi connectivity index (χ4n) is 2.28. The lowest BCUT2D eigenvalue weighted by Gasteiger charge is -2.38. The Morgan fingerprint density at radius 2 is 2.00 bits per heavy atom. The molecule has 0 aromatic rings. The van der Waals surface area contributed by atoms with Gasteiger partial charge in [0.15, 0.2) is 5.78 Å². The second kappa shape index (κ2) is 4.52. The standard InChI is InChI=1S/C13H20O3/c1-8(14)5-6-10-9(2)12(16)11(15)7-13(10,3)4/h5-6,11-12,15-16H,7H2,1-4H3/b6-5+/t11-,12+/m0/s1. The molecule has 16 heavy (non-hydrogen) atoms. The van der Waals surface area contributed by atoms with Crippen LogP contribution in [0.4, 0.5) is 0 Å². The average molecular weight is 224 g/mol. The van der Waals surface area contributed by atoms with Crippen molar-refractivity contribution < 1.29 is 15.0 Å². The molecule has 2 atom stereocenters. The van der Waals surface area contributed by atoms with Crippen molar-refractivity contribution in [2.24, 2.45) is 5.41 Å². The second-order valence-electron chi connectivity index (χ2n) is 5.14. The Hall–Kier alpha value is -0.930. The van der Waals surface area contributed by atoms with Crippen molar-refractivity contribution >= 4 is 5.78 Å². The molecule has 2 N–H and O–H groups in total. The van der Waals surface area contributed by atoms with Crippen LogP contribution in [0.3, 0.4) is 0 Å². The Morgan fingerprint density at radius 3 is 2.50 bits per heavy atom. The van der Waals surface area contributed by atoms with Gasteiger partial charge in [-0.2, -0.15) is 0 Å². The van der Waals surface area contributed by atoms with Gasteiger partial charge >= 0.3 is 0 Å². The lowest BCUT2D eigenvalue weighted by molar-refractivity contribution is -0.112. The van der Waals surface area contributed by atoms with E-state index < -0.39 is 12.2 Å². The van der Waals surface area contributed by atoms with Crippen molar-refractivity contribution in [3.8, 4) is 0 Å². The summed E-state index contributed by atoms with van der Waals surface area (Å²) in [5, 5.41) is 19.5. The van der Waals surface area contributed by atoms with E-state index in [1.807, 2.05) is 13.8 Å². The zero-order chi connectivity index (χ0) is 12.5. The molecular formula is C13H20O3. The lowest BCUT2D eigenvalue weighted by Crippen LogP contribution is -2.39. The Balaban J connectivity index is 3.14. The molecule has 90 valence electrons. The molecule has 0 aromatic heterocycles. The van der Waals surface area contributed by atoms with Gasteiger partial charge in [0.05, 0.1) is 6.10 Å². The van der Waals surface area contributed by atoms with Crippen LogP contribution in [0.15, 0.2) is 23.3 Å². The Kier molecular flexibility index (Phi) is 3.71. The van der Waals surface area contributed by atoms with E-state index in [2.05, 4.69) is 0 Å². The van der Waals surface area contributed by atoms with Crippen LogP contribution in [0, 0.1) is 5.41 Å². The molecule has 0 unspecified atom stereocenters. The molecule has 1 rings (SSSR count). The quantitative estimate of drug-likeness (QED) is 0.700. The van der Waals surface area contributed by atoms with Crippen molar-refractivity contribution in [2.45, 2.75) is 46.3 Å². The van der Waals surface area contributed by atoms with Crippen LogP contribution < -0.4 is 0 Å². The maximum absolute atomic E-state index is 10.9. The van der Waals surface area contributed by atoms with Crippen molar-refractivity contribution in [3.05, 3.63) is 23.3 Å². The highest BCUT2D eigenvalue weighted by Gasteiger charge is 2.36. The SMILES string of the molecule is CC(=O)/C=C/C1=C(C)[C@@H](O)[C@@H](O)CC1(C)C. The summed E-state index contributed by atoms with van der Waals surface area (Å²) in [6.45, 7) is 7.30. The molecule has 0 spiro atoms. The molecule has 0 aromatic carbocycles. The highest BCUT2D eigenvalue weighted by atomic mass is 16.3. The molecule has 1 aliphatic rings. The predicted octanol–water partition coefficient (Wildman–Crippen LogP) is 1.60. The molecule has 1 aliphatic carbocycles. The van der Waals surface area contributed by atoms with Gasteiger partial charge in [0.25, 0.3) is 0 Å². The topological polar surface area (TPSA) is 57.5 Å². The highest BCUT2D eigenvalue weighted by molar-refractivity contribution is 5.87. The monoisotopic (exact) mass is 224 g/mol. The van der Waals surface area contributed by atoms with Gasteiger partial charge in [-0.15, -0.1) is 0 Å². The molecule has 0 saturated carbocycles. The minimum Gasteiger partial charge on any atom is -0.390 e. The van der Waals surface area contributed by atoms with Crippen LogP contribution in [-0.4, -0.2) is 28.2 Å². The number of ketones is 1. The zero-order valence-electron chi connectivity index (χ0n) is 10.3. The highest BCUT2D eigenvalue weighted by Crippen LogP contribution is 2.40. The molecule has 0 amide bonds. The first kappa shape index (κ1) is 13.1. The minimum absolute atomic E-state index is 0.0169. The van der Waals surface area contributed by atoms with Crippen LogP contribution in [0.1, 0.15) is 34.1 Å². The Morgan fingerprint density at radius 1 is 1.44 bits per heavy atom. The van der Waals surface area contributed by atoms with Gasteiger partial charge in [-0.25, -0.2) is 0 Å². The molecule has 0 saturated heterocycles. The van der Waals surface area contributed by atoms with E-state index in [0.29, 0.717) is 6.42 Å². The molecular weight excluding hydrogens is 204 g/mol. The van der Waals surface area contributed by atoms with E-state index in [-0.39, 0.29) is 11.2 Å². The number of hydrogen-bond donors (Lipinski definition) is 2. The third-order valence-corrected chi connectivity index (χ3v) is 3.17. The van der Waals surface area contributed by atoms with Gasteiger partial charge < -0.3 is 10.2 Å². The van der Waals surface area contributed by atoms with Crippen LogP contribution >= 0.6 is 0 Å². The average Bonchev–Trinajstić information content (AvgIpc) is 2.12. The zero-order valence-corrected chi connectivity index (χ0v) is 10.3. The number of carbonyl (C=O) groups excluding carboxylic acids is 1. The summed E-state index contributed by atoms with van der Waals surface area (Å²) in [5.74, 6) is -0.0169. The van der Waals surface area contributed by atoms with Crippen molar-refractivity contribution in [3.63, 3.8) is 0 Å². The number of aliphatic hydroxyl groups is 2. The fraction of sp³-hybridized carbons (Fsp3) is 0.615. The summed E-state index contributed by atoms with van der Waals surface area (Å²) in [6, 6.07) is 0. The molecule has 0 heterocycles. The number of carbonyl (C=O) groups is 1. The maximum atomic E-state index is 10.9. The van der Waals surface area contributed by atoms with Gasteiger partial charge in [-0.3, -0.25) is 4.79 Å².